The quantitative estimate of drug-likeness (QED) is 0.169. The molecule has 3 aromatic heterocycles. The van der Waals surface area contributed by atoms with Crippen molar-refractivity contribution in [2.24, 2.45) is 23.2 Å². The molecular weight excluding hydrogens is 642 g/mol. The Morgan fingerprint density at radius 3 is 2.55 bits per heavy atom. The van der Waals surface area contributed by atoms with Crippen molar-refractivity contribution >= 4 is 40.2 Å². The van der Waals surface area contributed by atoms with Crippen LogP contribution in [-0.2, 0) is 9.53 Å². The summed E-state index contributed by atoms with van der Waals surface area (Å²) in [7, 11) is 0. The van der Waals surface area contributed by atoms with Crippen LogP contribution in [-0.4, -0.2) is 75.0 Å². The summed E-state index contributed by atoms with van der Waals surface area (Å²) < 4.78 is 7.91. The van der Waals surface area contributed by atoms with Crippen LogP contribution < -0.4 is 15.8 Å². The highest BCUT2D eigenvalue weighted by Crippen LogP contribution is 2.61. The number of nitrogens with zero attached hydrogens (tertiary/aromatic N) is 6. The maximum Gasteiger partial charge on any atom is 0.310 e. The molecule has 11 heteroatoms. The standard InChI is InChI=1S/C40H51N7O4/c1-24-9-7-8-14-40(4)20-32(40)35-29(19-24)31(38(50)51-35)23-45-15-17-46(18-16-45)28-12-13-33(41-21-28)43-39-42-22-30-25(2)34(26(3)48)37(49)47(36(30)44-39)27-10-5-6-11-27/h9,12-13,21-22,27,29,31-32,35H,5-8,10-11,14-20,23H2,1-4H3,(H,41,42,43,44)/b24-9+/t29-,31?,32+,35-,40-/m0/s1. The minimum Gasteiger partial charge on any atom is -0.461 e. The molecule has 1 unspecified atom stereocenters. The average Bonchev–Trinajstić information content (AvgIpc) is 3.36. The molecule has 4 fully saturated rings. The van der Waals surface area contributed by atoms with Crippen LogP contribution in [0.15, 0.2) is 41.0 Å². The van der Waals surface area contributed by atoms with Crippen LogP contribution in [0.3, 0.4) is 0 Å². The molecule has 0 amide bonds. The predicted molar refractivity (Wildman–Crippen MR) is 198 cm³/mol. The van der Waals surface area contributed by atoms with Crippen molar-refractivity contribution in [1.82, 2.24) is 24.4 Å². The van der Waals surface area contributed by atoms with Gasteiger partial charge in [-0.15, -0.1) is 0 Å². The Morgan fingerprint density at radius 2 is 1.82 bits per heavy atom. The van der Waals surface area contributed by atoms with Crippen molar-refractivity contribution in [1.29, 1.82) is 0 Å². The molecule has 11 nitrogen and oxygen atoms in total. The third-order valence-corrected chi connectivity index (χ3v) is 12.7. The molecule has 1 N–H and O–H groups in total. The Morgan fingerprint density at radius 1 is 1.04 bits per heavy atom. The van der Waals surface area contributed by atoms with Crippen LogP contribution in [0.1, 0.15) is 101 Å². The maximum absolute atomic E-state index is 13.6. The number of piperazine rings is 1. The lowest BCUT2D eigenvalue weighted by molar-refractivity contribution is -0.145. The first kappa shape index (κ1) is 34.0. The number of ether oxygens (including phenoxy) is 1. The number of anilines is 3. The summed E-state index contributed by atoms with van der Waals surface area (Å²) in [6, 6.07) is 4.01. The van der Waals surface area contributed by atoms with Crippen molar-refractivity contribution in [3.63, 3.8) is 0 Å². The second-order valence-corrected chi connectivity index (χ2v) is 16.2. The summed E-state index contributed by atoms with van der Waals surface area (Å²) in [6.07, 6.45) is 15.7. The summed E-state index contributed by atoms with van der Waals surface area (Å²) in [5.74, 6) is 1.47. The van der Waals surface area contributed by atoms with Crippen LogP contribution in [0, 0.1) is 30.1 Å². The normalized spacial score (nSPS) is 29.6. The van der Waals surface area contributed by atoms with E-state index in [1.165, 1.54) is 31.8 Å². The van der Waals surface area contributed by atoms with E-state index in [0.29, 0.717) is 34.3 Å². The zero-order valence-corrected chi connectivity index (χ0v) is 30.5. The Balaban J connectivity index is 0.923. The zero-order chi connectivity index (χ0) is 35.4. The highest BCUT2D eigenvalue weighted by molar-refractivity contribution is 5.99. The van der Waals surface area contributed by atoms with Gasteiger partial charge in [-0.3, -0.25) is 23.9 Å². The number of allylic oxidation sites excluding steroid dienone is 2. The molecule has 3 aromatic rings. The van der Waals surface area contributed by atoms with Gasteiger partial charge in [-0.25, -0.2) is 9.97 Å². The summed E-state index contributed by atoms with van der Waals surface area (Å²) in [5, 5.41) is 3.95. The number of hydrogen-bond donors (Lipinski definition) is 1. The molecule has 3 aliphatic carbocycles. The second-order valence-electron chi connectivity index (χ2n) is 16.2. The molecule has 8 rings (SSSR count). The number of hydrogen-bond acceptors (Lipinski definition) is 10. The van der Waals surface area contributed by atoms with Gasteiger partial charge < -0.3 is 15.0 Å². The third-order valence-electron chi connectivity index (χ3n) is 12.7. The number of nitrogens with one attached hydrogen (secondary N) is 1. The number of carbonyl (C=O) groups is 2. The summed E-state index contributed by atoms with van der Waals surface area (Å²) in [6.45, 7) is 12.1. The van der Waals surface area contributed by atoms with Crippen LogP contribution in [0.25, 0.3) is 11.0 Å². The van der Waals surface area contributed by atoms with Crippen molar-refractivity contribution in [2.45, 2.75) is 97.6 Å². The SMILES string of the molecule is CC(=O)c1c(C)c2cnc(Nc3ccc(N4CCN(CC5C(=O)O[C@@H]6[C@H]7C[C@]7(C)CCC/C=C(\C)C[C@@H]56)CC4)cn3)nc2n(C2CCCC2)c1=O. The van der Waals surface area contributed by atoms with Crippen LogP contribution >= 0.6 is 0 Å². The van der Waals surface area contributed by atoms with E-state index in [0.717, 1.165) is 82.3 Å². The van der Waals surface area contributed by atoms with Crippen LogP contribution in [0.2, 0.25) is 0 Å². The number of esters is 1. The van der Waals surface area contributed by atoms with Crippen molar-refractivity contribution < 1.29 is 14.3 Å². The molecular formula is C40H51N7O4. The molecule has 2 aliphatic heterocycles. The van der Waals surface area contributed by atoms with Gasteiger partial charge in [-0.2, -0.15) is 4.98 Å². The fourth-order valence-electron chi connectivity index (χ4n) is 9.65. The van der Waals surface area contributed by atoms with Gasteiger partial charge in [0, 0.05) is 62.2 Å². The Labute approximate surface area is 299 Å². The minimum absolute atomic E-state index is 0.00850. The summed E-state index contributed by atoms with van der Waals surface area (Å²) in [5.41, 5.74) is 3.94. The summed E-state index contributed by atoms with van der Waals surface area (Å²) in [4.78, 5) is 58.2. The Bertz CT molecular complexity index is 1930. The molecule has 0 bridgehead atoms. The Kier molecular flexibility index (Phi) is 8.97. The molecule has 5 atom stereocenters. The number of carbonyl (C=O) groups excluding carboxylic acids is 2. The fraction of sp³-hybridized carbons (Fsp3) is 0.600. The second kappa shape index (κ2) is 13.5. The monoisotopic (exact) mass is 693 g/mol. The van der Waals surface area contributed by atoms with Gasteiger partial charge in [-0.05, 0) is 88.8 Å². The number of ketones is 1. The maximum atomic E-state index is 13.6. The highest BCUT2D eigenvalue weighted by Gasteiger charge is 2.60. The van der Waals surface area contributed by atoms with E-state index in [1.807, 2.05) is 12.3 Å². The third kappa shape index (κ3) is 6.47. The van der Waals surface area contributed by atoms with E-state index >= 15 is 0 Å². The van der Waals surface area contributed by atoms with Gasteiger partial charge in [0.2, 0.25) is 5.95 Å². The predicted octanol–water partition coefficient (Wildman–Crippen LogP) is 6.38. The number of rotatable bonds is 7. The van der Waals surface area contributed by atoms with E-state index in [1.54, 1.807) is 17.7 Å². The first-order valence-corrected chi connectivity index (χ1v) is 19.1. The fourth-order valence-corrected chi connectivity index (χ4v) is 9.65. The lowest BCUT2D eigenvalue weighted by Crippen LogP contribution is -2.49. The van der Waals surface area contributed by atoms with Crippen molar-refractivity contribution in [3.8, 4) is 0 Å². The molecule has 2 saturated carbocycles. The smallest absolute Gasteiger partial charge is 0.310 e. The minimum atomic E-state index is -0.261. The highest BCUT2D eigenvalue weighted by atomic mass is 16.6. The van der Waals surface area contributed by atoms with Gasteiger partial charge in [0.15, 0.2) is 5.78 Å². The van der Waals surface area contributed by atoms with Gasteiger partial charge >= 0.3 is 5.97 Å². The van der Waals surface area contributed by atoms with Gasteiger partial charge in [0.05, 0.1) is 23.4 Å². The van der Waals surface area contributed by atoms with Crippen molar-refractivity contribution in [2.75, 3.05) is 42.9 Å². The molecule has 0 aromatic carbocycles. The number of pyridine rings is 2. The van der Waals surface area contributed by atoms with Gasteiger partial charge in [-0.1, -0.05) is 31.4 Å². The summed E-state index contributed by atoms with van der Waals surface area (Å²) >= 11 is 0. The number of aromatic nitrogens is 4. The molecule has 5 heterocycles. The number of aryl methyl sites for hydroxylation is 1. The van der Waals surface area contributed by atoms with Gasteiger partial charge in [0.25, 0.3) is 5.56 Å². The lowest BCUT2D eigenvalue weighted by Gasteiger charge is -2.37. The van der Waals surface area contributed by atoms with E-state index < -0.39 is 0 Å². The Hall–Kier alpha value is -4.12. The van der Waals surface area contributed by atoms with E-state index in [2.05, 4.69) is 51.1 Å². The molecule has 0 radical (unpaired) electrons. The zero-order valence-electron chi connectivity index (χ0n) is 30.5. The number of fused-ring (bicyclic) bond motifs is 4. The molecule has 2 saturated heterocycles. The van der Waals surface area contributed by atoms with Gasteiger partial charge in [0.1, 0.15) is 17.6 Å². The van der Waals surface area contributed by atoms with Crippen LogP contribution in [0.4, 0.5) is 17.5 Å². The van der Waals surface area contributed by atoms with Crippen LogP contribution in [0.5, 0.6) is 0 Å². The molecule has 5 aliphatic rings. The lowest BCUT2D eigenvalue weighted by atomic mass is 9.80. The van der Waals surface area contributed by atoms with E-state index in [-0.39, 0.29) is 46.9 Å². The average molecular weight is 694 g/mol. The molecule has 0 spiro atoms. The van der Waals surface area contributed by atoms with E-state index in [4.69, 9.17) is 9.72 Å². The molecule has 51 heavy (non-hydrogen) atoms. The van der Waals surface area contributed by atoms with Crippen molar-refractivity contribution in [3.05, 3.63) is 57.7 Å². The first-order chi connectivity index (χ1) is 24.6. The topological polar surface area (TPSA) is 123 Å². The first-order valence-electron chi connectivity index (χ1n) is 19.1. The largest absolute Gasteiger partial charge is 0.461 e. The number of Topliss-reactive ketones (excluding diaryl/α,β-unsaturated/α-hetero) is 1. The van der Waals surface area contributed by atoms with E-state index in [9.17, 15) is 14.4 Å². The molecule has 270 valence electrons.